The van der Waals surface area contributed by atoms with Crippen molar-refractivity contribution in [3.05, 3.63) is 11.6 Å². The molecule has 1 saturated carbocycles. The number of aliphatic hydroxyl groups is 3. The number of imidazole rings is 1. The monoisotopic (exact) mass is 313 g/mol. The molecule has 0 amide bonds. The third kappa shape index (κ3) is 2.06. The van der Waals surface area contributed by atoms with E-state index in [1.54, 1.807) is 11.5 Å². The van der Waals surface area contributed by atoms with Gasteiger partial charge in [0, 0.05) is 5.41 Å². The van der Waals surface area contributed by atoms with Gasteiger partial charge in [-0.2, -0.15) is 9.97 Å². The summed E-state index contributed by atoms with van der Waals surface area (Å²) in [4.78, 5) is 12.1. The van der Waals surface area contributed by atoms with Crippen LogP contribution in [0.15, 0.2) is 6.33 Å². The molecule has 0 aliphatic heterocycles. The molecular formula is C12H16ClN5O3. The van der Waals surface area contributed by atoms with Gasteiger partial charge in [0.05, 0.1) is 25.1 Å². The number of aliphatic hydroxyl groups excluding tert-OH is 3. The molecule has 5 N–H and O–H groups in total. The maximum Gasteiger partial charge on any atom is 0.226 e. The minimum atomic E-state index is -1.05. The third-order valence-electron chi connectivity index (χ3n) is 4.25. The van der Waals surface area contributed by atoms with Crippen LogP contribution in [0.25, 0.3) is 11.2 Å². The second kappa shape index (κ2) is 4.77. The number of anilines is 1. The zero-order chi connectivity index (χ0) is 15.4. The van der Waals surface area contributed by atoms with Crippen LogP contribution in [0.3, 0.4) is 0 Å². The van der Waals surface area contributed by atoms with Crippen molar-refractivity contribution in [2.45, 2.75) is 31.6 Å². The van der Waals surface area contributed by atoms with Crippen LogP contribution in [0.4, 0.5) is 5.82 Å². The minimum absolute atomic E-state index is 0.0142. The van der Waals surface area contributed by atoms with Gasteiger partial charge in [0.1, 0.15) is 11.6 Å². The van der Waals surface area contributed by atoms with Crippen LogP contribution >= 0.6 is 11.6 Å². The van der Waals surface area contributed by atoms with Crippen molar-refractivity contribution in [1.82, 2.24) is 19.5 Å². The maximum absolute atomic E-state index is 10.3. The van der Waals surface area contributed by atoms with E-state index in [4.69, 9.17) is 17.3 Å². The number of aromatic nitrogens is 4. The lowest BCUT2D eigenvalue weighted by Gasteiger charge is -2.25. The number of nitrogens with zero attached hydrogens (tertiary/aromatic N) is 4. The summed E-state index contributed by atoms with van der Waals surface area (Å²) in [6, 6.07) is -0.479. The van der Waals surface area contributed by atoms with E-state index in [0.29, 0.717) is 17.6 Å². The van der Waals surface area contributed by atoms with Gasteiger partial charge in [0.25, 0.3) is 0 Å². The van der Waals surface area contributed by atoms with Gasteiger partial charge < -0.3 is 25.6 Å². The van der Waals surface area contributed by atoms with Crippen molar-refractivity contribution in [1.29, 1.82) is 0 Å². The quantitative estimate of drug-likeness (QED) is 0.561. The normalized spacial score (nSPS) is 32.9. The van der Waals surface area contributed by atoms with Gasteiger partial charge in [-0.25, -0.2) is 4.98 Å². The number of hydrogen-bond donors (Lipinski definition) is 4. The molecule has 8 nitrogen and oxygen atoms in total. The van der Waals surface area contributed by atoms with Crippen LogP contribution in [0.5, 0.6) is 0 Å². The molecule has 0 radical (unpaired) electrons. The van der Waals surface area contributed by atoms with Crippen molar-refractivity contribution in [3.63, 3.8) is 0 Å². The minimum Gasteiger partial charge on any atom is -0.396 e. The van der Waals surface area contributed by atoms with Crippen LogP contribution in [-0.2, 0) is 0 Å². The second-order valence-corrected chi connectivity index (χ2v) is 6.06. The molecule has 2 unspecified atom stereocenters. The molecular weight excluding hydrogens is 298 g/mol. The first-order chi connectivity index (χ1) is 9.87. The molecule has 2 heterocycles. The summed E-state index contributed by atoms with van der Waals surface area (Å²) in [5.41, 5.74) is 5.74. The molecule has 114 valence electrons. The summed E-state index contributed by atoms with van der Waals surface area (Å²) in [5.74, 6) is 0.154. The fraction of sp³-hybridized carbons (Fsp3) is 0.583. The van der Waals surface area contributed by atoms with E-state index in [1.165, 1.54) is 6.33 Å². The van der Waals surface area contributed by atoms with Gasteiger partial charge in [-0.05, 0) is 18.0 Å². The highest BCUT2D eigenvalue weighted by Gasteiger charge is 2.50. The average Bonchev–Trinajstić information content (AvgIpc) is 2.95. The molecule has 0 aromatic carbocycles. The highest BCUT2D eigenvalue weighted by atomic mass is 35.5. The summed E-state index contributed by atoms with van der Waals surface area (Å²) in [6.07, 6.45) is -0.233. The van der Waals surface area contributed by atoms with Gasteiger partial charge >= 0.3 is 0 Å². The zero-order valence-electron chi connectivity index (χ0n) is 11.3. The van der Waals surface area contributed by atoms with Crippen LogP contribution in [0.2, 0.25) is 5.28 Å². The van der Waals surface area contributed by atoms with Crippen molar-refractivity contribution in [2.75, 3.05) is 12.3 Å². The number of halogens is 1. The highest BCUT2D eigenvalue weighted by Crippen LogP contribution is 2.44. The van der Waals surface area contributed by atoms with Crippen LogP contribution in [-0.4, -0.2) is 53.7 Å². The highest BCUT2D eigenvalue weighted by molar-refractivity contribution is 6.28. The first kappa shape index (κ1) is 14.5. The lowest BCUT2D eigenvalue weighted by Crippen LogP contribution is -2.36. The Kier molecular flexibility index (Phi) is 3.28. The fourth-order valence-electron chi connectivity index (χ4n) is 2.92. The summed E-state index contributed by atoms with van der Waals surface area (Å²) < 4.78 is 1.62. The van der Waals surface area contributed by atoms with Crippen molar-refractivity contribution >= 4 is 28.6 Å². The Morgan fingerprint density at radius 1 is 1.48 bits per heavy atom. The zero-order valence-corrected chi connectivity index (χ0v) is 12.1. The molecule has 2 aromatic rings. The predicted octanol–water partition coefficient (Wildman–Crippen LogP) is -0.273. The molecule has 0 spiro atoms. The molecule has 21 heavy (non-hydrogen) atoms. The van der Waals surface area contributed by atoms with Gasteiger partial charge in [0.2, 0.25) is 5.28 Å². The fourth-order valence-corrected chi connectivity index (χ4v) is 3.09. The Labute approximate surface area is 125 Å². The number of hydrogen-bond acceptors (Lipinski definition) is 7. The SMILES string of the molecule is C[C@]1(CO)C[C@@H](n2cnc3c(N)nc(Cl)nc32)C(O)C1O. The van der Waals surface area contributed by atoms with Crippen LogP contribution in [0, 0.1) is 5.41 Å². The molecule has 0 bridgehead atoms. The van der Waals surface area contributed by atoms with Crippen LogP contribution < -0.4 is 5.73 Å². The van der Waals surface area contributed by atoms with Gasteiger partial charge in [-0.3, -0.25) is 0 Å². The van der Waals surface area contributed by atoms with Gasteiger partial charge in [0.15, 0.2) is 11.5 Å². The van der Waals surface area contributed by atoms with Gasteiger partial charge in [-0.1, -0.05) is 6.92 Å². The van der Waals surface area contributed by atoms with Gasteiger partial charge in [-0.15, -0.1) is 0 Å². The first-order valence-corrected chi connectivity index (χ1v) is 6.88. The molecule has 1 fully saturated rings. The molecule has 1 aliphatic carbocycles. The van der Waals surface area contributed by atoms with E-state index in [-0.39, 0.29) is 17.7 Å². The van der Waals surface area contributed by atoms with E-state index < -0.39 is 23.7 Å². The Bertz CT molecular complexity index is 693. The summed E-state index contributed by atoms with van der Waals surface area (Å²) >= 11 is 5.81. The number of rotatable bonds is 2. The maximum atomic E-state index is 10.3. The van der Waals surface area contributed by atoms with Crippen molar-refractivity contribution < 1.29 is 15.3 Å². The molecule has 0 saturated heterocycles. The molecule has 9 heteroatoms. The van der Waals surface area contributed by atoms with E-state index in [0.717, 1.165) is 0 Å². The summed E-state index contributed by atoms with van der Waals surface area (Å²) in [7, 11) is 0. The smallest absolute Gasteiger partial charge is 0.226 e. The third-order valence-corrected chi connectivity index (χ3v) is 4.42. The molecule has 3 rings (SSSR count). The van der Waals surface area contributed by atoms with Crippen molar-refractivity contribution in [2.24, 2.45) is 5.41 Å². The first-order valence-electron chi connectivity index (χ1n) is 6.50. The number of nitrogens with two attached hydrogens (primary N) is 1. The summed E-state index contributed by atoms with van der Waals surface area (Å²) in [5, 5.41) is 29.9. The molecule has 4 atom stereocenters. The number of nitrogen functional groups attached to an aromatic ring is 1. The van der Waals surface area contributed by atoms with E-state index in [1.807, 2.05) is 0 Å². The lowest BCUT2D eigenvalue weighted by molar-refractivity contribution is -0.0403. The van der Waals surface area contributed by atoms with Crippen LogP contribution in [0.1, 0.15) is 19.4 Å². The Morgan fingerprint density at radius 3 is 2.81 bits per heavy atom. The lowest BCUT2D eigenvalue weighted by atomic mass is 9.87. The second-order valence-electron chi connectivity index (χ2n) is 5.72. The average molecular weight is 314 g/mol. The topological polar surface area (TPSA) is 130 Å². The van der Waals surface area contributed by atoms with E-state index in [2.05, 4.69) is 15.0 Å². The molecule has 1 aliphatic rings. The standard InChI is InChI=1S/C12H16ClN5O3/c1-12(3-19)2-5(7(20)8(12)21)18-4-15-6-9(14)16-11(13)17-10(6)18/h4-5,7-8,19-21H,2-3H2,1H3,(H2,14,16,17)/t5-,7?,8?,12-/m1/s1. The number of fused-ring (bicyclic) bond motifs is 1. The summed E-state index contributed by atoms with van der Waals surface area (Å²) in [6.45, 7) is 1.49. The predicted molar refractivity (Wildman–Crippen MR) is 75.6 cm³/mol. The Balaban J connectivity index is 2.10. The van der Waals surface area contributed by atoms with E-state index in [9.17, 15) is 15.3 Å². The molecule has 2 aromatic heterocycles. The largest absolute Gasteiger partial charge is 0.396 e. The Morgan fingerprint density at radius 2 is 2.19 bits per heavy atom. The van der Waals surface area contributed by atoms with Crippen molar-refractivity contribution in [3.8, 4) is 0 Å². The Hall–Kier alpha value is -1.48. The van der Waals surface area contributed by atoms with E-state index >= 15 is 0 Å².